The van der Waals surface area contributed by atoms with Gasteiger partial charge in [-0.3, -0.25) is 0 Å². The van der Waals surface area contributed by atoms with Crippen LogP contribution in [0.3, 0.4) is 0 Å². The fourth-order valence-corrected chi connectivity index (χ4v) is 0.516. The highest BCUT2D eigenvalue weighted by molar-refractivity contribution is 5.85. The minimum Gasteiger partial charge on any atom is -0.379 e. The number of nitrogens with zero attached hydrogens (tertiary/aromatic N) is 1. The number of nitriles is 1. The van der Waals surface area contributed by atoms with Gasteiger partial charge in [-0.1, -0.05) is 0 Å². The molecule has 4 heteroatoms. The van der Waals surface area contributed by atoms with E-state index < -0.39 is 0 Å². The Labute approximate surface area is 67.8 Å². The Morgan fingerprint density at radius 3 is 1.90 bits per heavy atom. The van der Waals surface area contributed by atoms with Crippen LogP contribution in [0.15, 0.2) is 0 Å². The predicted octanol–water partition coefficient (Wildman–Crippen LogP) is 0.558. The molecule has 0 unspecified atom stereocenters. The summed E-state index contributed by atoms with van der Waals surface area (Å²) in [5.74, 6) is 0. The summed E-state index contributed by atoms with van der Waals surface area (Å²) in [6.07, 6.45) is 0. The van der Waals surface area contributed by atoms with E-state index in [1.807, 2.05) is 0 Å². The van der Waals surface area contributed by atoms with Crippen molar-refractivity contribution < 1.29 is 4.74 Å². The lowest BCUT2D eigenvalue weighted by atomic mass is 10.5. The molecule has 60 valence electrons. The lowest BCUT2D eigenvalue weighted by Crippen LogP contribution is -2.30. The van der Waals surface area contributed by atoms with Gasteiger partial charge in [0.05, 0.1) is 19.3 Å². The number of halogens is 1. The van der Waals surface area contributed by atoms with Gasteiger partial charge >= 0.3 is 0 Å². The number of ether oxygens (including phenoxy) is 1. The van der Waals surface area contributed by atoms with Gasteiger partial charge in [-0.25, -0.2) is 0 Å². The smallest absolute Gasteiger partial charge is 0.0591 e. The maximum absolute atomic E-state index is 7.32. The van der Waals surface area contributed by atoms with Crippen LogP contribution in [-0.2, 0) is 4.74 Å². The maximum Gasteiger partial charge on any atom is 0.0591 e. The van der Waals surface area contributed by atoms with E-state index in [1.165, 1.54) is 6.92 Å². The molecular weight excluding hydrogens is 152 g/mol. The molecular formula is C6H13ClN2O. The van der Waals surface area contributed by atoms with Crippen molar-refractivity contribution in [1.82, 2.24) is 5.32 Å². The minimum absolute atomic E-state index is 0. The lowest BCUT2D eigenvalue weighted by molar-refractivity contribution is 0.109. The summed E-state index contributed by atoms with van der Waals surface area (Å²) >= 11 is 0. The second-order valence-corrected chi connectivity index (χ2v) is 1.59. The van der Waals surface area contributed by atoms with Crippen LogP contribution in [0.5, 0.6) is 0 Å². The third-order valence-electron chi connectivity index (χ3n) is 0.846. The maximum atomic E-state index is 7.32. The molecule has 0 bridgehead atoms. The monoisotopic (exact) mass is 164 g/mol. The van der Waals surface area contributed by atoms with Gasteiger partial charge < -0.3 is 10.1 Å². The largest absolute Gasteiger partial charge is 0.379 e. The van der Waals surface area contributed by atoms with Crippen LogP contribution in [0, 0.1) is 11.3 Å². The molecule has 1 heterocycles. The Kier molecular flexibility index (Phi) is 14.2. The molecule has 1 rings (SSSR count). The summed E-state index contributed by atoms with van der Waals surface area (Å²) in [4.78, 5) is 0. The predicted molar refractivity (Wildman–Crippen MR) is 42.2 cm³/mol. The molecule has 1 aliphatic rings. The van der Waals surface area contributed by atoms with Gasteiger partial charge in [-0.15, -0.1) is 12.4 Å². The van der Waals surface area contributed by atoms with Crippen molar-refractivity contribution in [3.63, 3.8) is 0 Å². The van der Waals surface area contributed by atoms with E-state index in [1.54, 1.807) is 6.07 Å². The van der Waals surface area contributed by atoms with Crippen molar-refractivity contribution in [2.45, 2.75) is 6.92 Å². The highest BCUT2D eigenvalue weighted by Crippen LogP contribution is 1.76. The minimum atomic E-state index is 0. The fraction of sp³-hybridized carbons (Fsp3) is 0.833. The van der Waals surface area contributed by atoms with Gasteiger partial charge in [-0.05, 0) is 0 Å². The van der Waals surface area contributed by atoms with E-state index in [0.717, 1.165) is 26.3 Å². The number of rotatable bonds is 0. The van der Waals surface area contributed by atoms with Crippen LogP contribution in [-0.4, -0.2) is 26.3 Å². The third kappa shape index (κ3) is 10.6. The Morgan fingerprint density at radius 1 is 1.40 bits per heavy atom. The Morgan fingerprint density at radius 2 is 1.80 bits per heavy atom. The van der Waals surface area contributed by atoms with Gasteiger partial charge in [0.2, 0.25) is 0 Å². The number of hydrogen-bond acceptors (Lipinski definition) is 3. The van der Waals surface area contributed by atoms with Crippen molar-refractivity contribution >= 4 is 12.4 Å². The third-order valence-corrected chi connectivity index (χ3v) is 0.846. The normalized spacial score (nSPS) is 15.2. The second kappa shape index (κ2) is 11.5. The molecule has 1 fully saturated rings. The molecule has 0 atom stereocenters. The molecule has 1 saturated heterocycles. The highest BCUT2D eigenvalue weighted by Gasteiger charge is 1.92. The average Bonchev–Trinajstić information content (AvgIpc) is 1.93. The van der Waals surface area contributed by atoms with Gasteiger partial charge in [0.15, 0.2) is 0 Å². The molecule has 0 aromatic heterocycles. The zero-order valence-corrected chi connectivity index (χ0v) is 6.91. The van der Waals surface area contributed by atoms with Gasteiger partial charge in [-0.2, -0.15) is 5.26 Å². The van der Waals surface area contributed by atoms with Crippen molar-refractivity contribution in [3.8, 4) is 6.07 Å². The Hall–Kier alpha value is -0.300. The molecule has 0 aliphatic carbocycles. The summed E-state index contributed by atoms with van der Waals surface area (Å²) in [5, 5.41) is 10.5. The first-order valence-electron chi connectivity index (χ1n) is 3.01. The zero-order chi connectivity index (χ0) is 6.95. The first-order chi connectivity index (χ1) is 4.41. The molecule has 0 aromatic rings. The second-order valence-electron chi connectivity index (χ2n) is 1.59. The molecule has 0 saturated carbocycles. The van der Waals surface area contributed by atoms with Crippen molar-refractivity contribution in [2.75, 3.05) is 26.3 Å². The SMILES string of the molecule is C1COCCN1.CC#N.Cl. The van der Waals surface area contributed by atoms with E-state index in [2.05, 4.69) is 5.32 Å². The Balaban J connectivity index is 0. The molecule has 0 spiro atoms. The summed E-state index contributed by atoms with van der Waals surface area (Å²) in [6.45, 7) is 5.26. The lowest BCUT2D eigenvalue weighted by Gasteiger charge is -2.10. The summed E-state index contributed by atoms with van der Waals surface area (Å²) < 4.78 is 5.01. The topological polar surface area (TPSA) is 45.0 Å². The fourth-order valence-electron chi connectivity index (χ4n) is 0.516. The van der Waals surface area contributed by atoms with Crippen molar-refractivity contribution in [3.05, 3.63) is 0 Å². The molecule has 10 heavy (non-hydrogen) atoms. The molecule has 3 nitrogen and oxygen atoms in total. The van der Waals surface area contributed by atoms with Crippen LogP contribution in [0.2, 0.25) is 0 Å². The first kappa shape index (κ1) is 12.4. The molecule has 0 radical (unpaired) electrons. The number of hydrogen-bond donors (Lipinski definition) is 1. The van der Waals surface area contributed by atoms with Crippen LogP contribution in [0.4, 0.5) is 0 Å². The van der Waals surface area contributed by atoms with E-state index >= 15 is 0 Å². The van der Waals surface area contributed by atoms with E-state index in [9.17, 15) is 0 Å². The number of morpholine rings is 1. The van der Waals surface area contributed by atoms with Gasteiger partial charge in [0, 0.05) is 20.0 Å². The number of nitrogens with one attached hydrogen (secondary N) is 1. The van der Waals surface area contributed by atoms with Crippen LogP contribution < -0.4 is 5.32 Å². The van der Waals surface area contributed by atoms with E-state index in [-0.39, 0.29) is 12.4 Å². The summed E-state index contributed by atoms with van der Waals surface area (Å²) in [7, 11) is 0. The molecule has 1 aliphatic heterocycles. The Bertz CT molecular complexity index is 76.7. The molecule has 1 N–H and O–H groups in total. The highest BCUT2D eigenvalue weighted by atomic mass is 35.5. The summed E-state index contributed by atoms with van der Waals surface area (Å²) in [6, 6.07) is 1.75. The van der Waals surface area contributed by atoms with Crippen molar-refractivity contribution in [2.24, 2.45) is 0 Å². The zero-order valence-electron chi connectivity index (χ0n) is 6.09. The van der Waals surface area contributed by atoms with Gasteiger partial charge in [0.25, 0.3) is 0 Å². The van der Waals surface area contributed by atoms with E-state index in [0.29, 0.717) is 0 Å². The quantitative estimate of drug-likeness (QED) is 0.569. The van der Waals surface area contributed by atoms with E-state index in [4.69, 9.17) is 10.00 Å². The standard InChI is InChI=1S/C4H9NO.C2H3N.ClH/c1-3-6-4-2-5-1;1-2-3;/h5H,1-4H2;1H3;1H. The van der Waals surface area contributed by atoms with Crippen LogP contribution in [0.1, 0.15) is 6.92 Å². The first-order valence-corrected chi connectivity index (χ1v) is 3.01. The molecule has 0 aromatic carbocycles. The summed E-state index contributed by atoms with van der Waals surface area (Å²) in [5.41, 5.74) is 0. The van der Waals surface area contributed by atoms with Crippen molar-refractivity contribution in [1.29, 1.82) is 5.26 Å². The van der Waals surface area contributed by atoms with Crippen LogP contribution >= 0.6 is 12.4 Å². The molecule has 0 amide bonds. The van der Waals surface area contributed by atoms with Crippen LogP contribution in [0.25, 0.3) is 0 Å². The van der Waals surface area contributed by atoms with Gasteiger partial charge in [0.1, 0.15) is 0 Å². The average molecular weight is 165 g/mol.